The van der Waals surface area contributed by atoms with E-state index in [1.807, 2.05) is 42.5 Å². The van der Waals surface area contributed by atoms with E-state index >= 15 is 0 Å². The maximum atomic E-state index is 13.6. The van der Waals surface area contributed by atoms with Crippen molar-refractivity contribution in [3.8, 4) is 11.5 Å². The number of halogens is 3. The van der Waals surface area contributed by atoms with Crippen molar-refractivity contribution in [2.45, 2.75) is 31.0 Å². The number of carbonyl (C=O) groups is 1. The number of ketones is 1. The van der Waals surface area contributed by atoms with Gasteiger partial charge < -0.3 is 20.1 Å². The average molecular weight is 478 g/mol. The molecule has 0 fully saturated rings. The van der Waals surface area contributed by atoms with Gasteiger partial charge in [0.15, 0.2) is 17.3 Å². The van der Waals surface area contributed by atoms with Crippen LogP contribution in [0.4, 0.5) is 24.5 Å². The molecule has 0 saturated carbocycles. The summed E-state index contributed by atoms with van der Waals surface area (Å²) < 4.78 is 50.3. The number of para-hydroxylation sites is 2. The van der Waals surface area contributed by atoms with E-state index in [-0.39, 0.29) is 24.9 Å². The minimum Gasteiger partial charge on any atom is -0.454 e. The standard InChI is InChI=1S/C27H21F3N2O3/c28-27(29,30)18-8-5-15(6-9-18)26-25-21(31-19-3-1-2-4-20(19)32-26)11-17(12-22(25)33)16-7-10-23-24(13-16)35-14-34-23/h1-10,13,17,26,31-32H,11-12,14H2. The van der Waals surface area contributed by atoms with Crippen molar-refractivity contribution in [3.05, 3.63) is 94.7 Å². The smallest absolute Gasteiger partial charge is 0.416 e. The summed E-state index contributed by atoms with van der Waals surface area (Å²) in [4.78, 5) is 13.6. The minimum atomic E-state index is -4.42. The van der Waals surface area contributed by atoms with Gasteiger partial charge in [0.05, 0.1) is 23.0 Å². The summed E-state index contributed by atoms with van der Waals surface area (Å²) in [5, 5.41) is 6.83. The van der Waals surface area contributed by atoms with E-state index in [1.165, 1.54) is 12.1 Å². The van der Waals surface area contributed by atoms with Gasteiger partial charge in [0, 0.05) is 17.7 Å². The van der Waals surface area contributed by atoms with E-state index in [4.69, 9.17) is 9.47 Å². The molecule has 178 valence electrons. The third-order valence-electron chi connectivity index (χ3n) is 6.75. The van der Waals surface area contributed by atoms with Crippen LogP contribution in [-0.4, -0.2) is 12.6 Å². The summed E-state index contributed by atoms with van der Waals surface area (Å²) in [6, 6.07) is 17.7. The normalized spacial score (nSPS) is 20.9. The number of rotatable bonds is 2. The van der Waals surface area contributed by atoms with Crippen LogP contribution in [0.5, 0.6) is 11.5 Å². The summed E-state index contributed by atoms with van der Waals surface area (Å²) in [6.45, 7) is 0.177. The van der Waals surface area contributed by atoms with Gasteiger partial charge >= 0.3 is 6.18 Å². The zero-order valence-corrected chi connectivity index (χ0v) is 18.5. The van der Waals surface area contributed by atoms with Gasteiger partial charge in [0.2, 0.25) is 6.79 Å². The Hall–Kier alpha value is -3.94. The molecule has 2 heterocycles. The number of anilines is 2. The van der Waals surface area contributed by atoms with Gasteiger partial charge in [-0.05, 0) is 59.9 Å². The quantitative estimate of drug-likeness (QED) is 0.446. The number of hydrogen-bond donors (Lipinski definition) is 2. The predicted octanol–water partition coefficient (Wildman–Crippen LogP) is 6.41. The van der Waals surface area contributed by atoms with Crippen molar-refractivity contribution in [2.24, 2.45) is 0 Å². The highest BCUT2D eigenvalue weighted by molar-refractivity contribution is 6.01. The fourth-order valence-electron chi connectivity index (χ4n) is 5.01. The molecule has 0 aromatic heterocycles. The van der Waals surface area contributed by atoms with Crippen molar-refractivity contribution in [1.29, 1.82) is 0 Å². The van der Waals surface area contributed by atoms with Crippen LogP contribution in [0.2, 0.25) is 0 Å². The molecule has 2 unspecified atom stereocenters. The Bertz CT molecular complexity index is 1350. The number of benzene rings is 3. The molecule has 3 aromatic carbocycles. The maximum absolute atomic E-state index is 13.6. The molecule has 0 saturated heterocycles. The molecule has 0 bridgehead atoms. The largest absolute Gasteiger partial charge is 0.454 e. The van der Waals surface area contributed by atoms with Gasteiger partial charge in [0.25, 0.3) is 0 Å². The number of carbonyl (C=O) groups excluding carboxylic acids is 1. The number of Topliss-reactive ketones (excluding diaryl/α,β-unsaturated/α-hetero) is 1. The predicted molar refractivity (Wildman–Crippen MR) is 124 cm³/mol. The third-order valence-corrected chi connectivity index (χ3v) is 6.75. The van der Waals surface area contributed by atoms with Crippen molar-refractivity contribution >= 4 is 17.2 Å². The van der Waals surface area contributed by atoms with Gasteiger partial charge in [-0.25, -0.2) is 0 Å². The number of ether oxygens (including phenoxy) is 2. The van der Waals surface area contributed by atoms with E-state index in [0.717, 1.165) is 34.8 Å². The lowest BCUT2D eigenvalue weighted by Crippen LogP contribution is -2.27. The zero-order valence-electron chi connectivity index (χ0n) is 18.5. The van der Waals surface area contributed by atoms with Crippen LogP contribution in [-0.2, 0) is 11.0 Å². The van der Waals surface area contributed by atoms with Gasteiger partial charge in [0.1, 0.15) is 0 Å². The molecular weight excluding hydrogens is 457 g/mol. The molecule has 0 radical (unpaired) electrons. The second kappa shape index (κ2) is 8.08. The van der Waals surface area contributed by atoms with Crippen molar-refractivity contribution in [1.82, 2.24) is 0 Å². The molecule has 2 N–H and O–H groups in total. The van der Waals surface area contributed by atoms with Gasteiger partial charge in [-0.1, -0.05) is 30.3 Å². The topological polar surface area (TPSA) is 59.6 Å². The monoisotopic (exact) mass is 478 g/mol. The SMILES string of the molecule is O=C1CC(c2ccc3c(c2)OCO3)CC2=C1C(c1ccc(C(F)(F)F)cc1)Nc1ccccc1N2. The number of allylic oxidation sites excluding steroid dienone is 1. The third kappa shape index (κ3) is 3.88. The lowest BCUT2D eigenvalue weighted by Gasteiger charge is -2.30. The summed E-state index contributed by atoms with van der Waals surface area (Å²) in [5.41, 5.74) is 3.77. The molecule has 3 aromatic rings. The molecule has 1 aliphatic carbocycles. The Morgan fingerprint density at radius 1 is 0.829 bits per heavy atom. The molecule has 2 atom stereocenters. The zero-order chi connectivity index (χ0) is 24.2. The van der Waals surface area contributed by atoms with Crippen LogP contribution >= 0.6 is 0 Å². The first-order valence-corrected chi connectivity index (χ1v) is 11.3. The van der Waals surface area contributed by atoms with Gasteiger partial charge in [-0.2, -0.15) is 13.2 Å². The summed E-state index contributed by atoms with van der Waals surface area (Å²) in [5.74, 6) is 1.23. The molecular formula is C27H21F3N2O3. The first-order valence-electron chi connectivity index (χ1n) is 11.3. The number of alkyl halides is 3. The molecule has 5 nitrogen and oxygen atoms in total. The van der Waals surface area contributed by atoms with Crippen molar-refractivity contribution < 1.29 is 27.4 Å². The molecule has 35 heavy (non-hydrogen) atoms. The highest BCUT2D eigenvalue weighted by Gasteiger charge is 2.37. The Morgan fingerprint density at radius 3 is 2.31 bits per heavy atom. The molecule has 3 aliphatic rings. The second-order valence-electron chi connectivity index (χ2n) is 8.90. The first kappa shape index (κ1) is 21.6. The Labute approximate surface area is 199 Å². The van der Waals surface area contributed by atoms with E-state index in [1.54, 1.807) is 0 Å². The van der Waals surface area contributed by atoms with E-state index < -0.39 is 17.8 Å². The number of fused-ring (bicyclic) bond motifs is 2. The van der Waals surface area contributed by atoms with Crippen LogP contribution < -0.4 is 20.1 Å². The van der Waals surface area contributed by atoms with Crippen molar-refractivity contribution in [2.75, 3.05) is 17.4 Å². The van der Waals surface area contributed by atoms with Crippen LogP contribution in [0.3, 0.4) is 0 Å². The summed E-state index contributed by atoms with van der Waals surface area (Å²) in [6.07, 6.45) is -3.56. The molecule has 8 heteroatoms. The molecule has 6 rings (SSSR count). The molecule has 2 aliphatic heterocycles. The van der Waals surface area contributed by atoms with Gasteiger partial charge in [-0.15, -0.1) is 0 Å². The average Bonchev–Trinajstić information content (AvgIpc) is 3.24. The molecule has 0 spiro atoms. The number of nitrogens with one attached hydrogen (secondary N) is 2. The maximum Gasteiger partial charge on any atom is 0.416 e. The lowest BCUT2D eigenvalue weighted by atomic mass is 9.78. The van der Waals surface area contributed by atoms with E-state index in [0.29, 0.717) is 29.1 Å². The van der Waals surface area contributed by atoms with E-state index in [9.17, 15) is 18.0 Å². The minimum absolute atomic E-state index is 0.0494. The highest BCUT2D eigenvalue weighted by Crippen LogP contribution is 2.46. The number of hydrogen-bond acceptors (Lipinski definition) is 5. The van der Waals surface area contributed by atoms with Crippen LogP contribution in [0, 0.1) is 0 Å². The van der Waals surface area contributed by atoms with E-state index in [2.05, 4.69) is 10.6 Å². The first-order chi connectivity index (χ1) is 16.9. The fraction of sp³-hybridized carbons (Fsp3) is 0.222. The highest BCUT2D eigenvalue weighted by atomic mass is 19.4. The van der Waals surface area contributed by atoms with Crippen LogP contribution in [0.15, 0.2) is 78.0 Å². The Kier molecular flexibility index (Phi) is 4.98. The van der Waals surface area contributed by atoms with Crippen LogP contribution in [0.25, 0.3) is 0 Å². The van der Waals surface area contributed by atoms with Crippen LogP contribution in [0.1, 0.15) is 41.5 Å². The Morgan fingerprint density at radius 2 is 1.54 bits per heavy atom. The lowest BCUT2D eigenvalue weighted by molar-refractivity contribution is -0.137. The van der Waals surface area contributed by atoms with Crippen molar-refractivity contribution in [3.63, 3.8) is 0 Å². The Balaban J connectivity index is 1.40. The second-order valence-corrected chi connectivity index (χ2v) is 8.90. The molecule has 0 amide bonds. The summed E-state index contributed by atoms with van der Waals surface area (Å²) in [7, 11) is 0. The summed E-state index contributed by atoms with van der Waals surface area (Å²) >= 11 is 0. The van der Waals surface area contributed by atoms with Gasteiger partial charge in [-0.3, -0.25) is 4.79 Å². The fourth-order valence-corrected chi connectivity index (χ4v) is 5.01.